The molecule has 0 heterocycles. The lowest BCUT2D eigenvalue weighted by molar-refractivity contribution is -0.137. The molecule has 7 heteroatoms. The zero-order valence-corrected chi connectivity index (χ0v) is 10.6. The molecule has 0 saturated heterocycles. The van der Waals surface area contributed by atoms with E-state index in [1.54, 1.807) is 0 Å². The molecular weight excluding hydrogens is 267 g/mol. The molecule has 0 saturated carbocycles. The largest absolute Gasteiger partial charge is 0.416 e. The number of sulfone groups is 1. The van der Waals surface area contributed by atoms with Gasteiger partial charge in [-0.15, -0.1) is 0 Å². The molecule has 0 fully saturated rings. The zero-order chi connectivity index (χ0) is 13.8. The summed E-state index contributed by atoms with van der Waals surface area (Å²) in [6.07, 6.45) is -2.78. The van der Waals surface area contributed by atoms with Gasteiger partial charge in [0.15, 0.2) is 0 Å². The molecule has 0 radical (unpaired) electrons. The number of hydrogen-bond acceptors (Lipinski definition) is 3. The fraction of sp³-hybridized carbons (Fsp3) is 0.455. The second kappa shape index (κ2) is 5.60. The van der Waals surface area contributed by atoms with E-state index in [9.17, 15) is 21.6 Å². The predicted octanol–water partition coefficient (Wildman–Crippen LogP) is 2.55. The first-order valence-corrected chi connectivity index (χ1v) is 7.33. The zero-order valence-electron chi connectivity index (χ0n) is 9.79. The van der Waals surface area contributed by atoms with Gasteiger partial charge in [0.2, 0.25) is 0 Å². The summed E-state index contributed by atoms with van der Waals surface area (Å²) in [7, 11) is -2.99. The number of alkyl halides is 3. The smallest absolute Gasteiger partial charge is 0.385 e. The standard InChI is InChI=1S/C11H14F3NO2S/c1-18(16,17)8-2-7-15-10-5-3-9(4-6-10)11(12,13)14/h3-6,15H,2,7-8H2,1H3. The monoisotopic (exact) mass is 281 g/mol. The van der Waals surface area contributed by atoms with Crippen LogP contribution in [0.3, 0.4) is 0 Å². The summed E-state index contributed by atoms with van der Waals surface area (Å²) in [5.74, 6) is 0.0562. The SMILES string of the molecule is CS(=O)(=O)CCCNc1ccc(C(F)(F)F)cc1. The van der Waals surface area contributed by atoms with Crippen molar-refractivity contribution in [2.24, 2.45) is 0 Å². The fourth-order valence-corrected chi connectivity index (χ4v) is 2.01. The second-order valence-corrected chi connectivity index (χ2v) is 6.25. The van der Waals surface area contributed by atoms with Crippen molar-refractivity contribution in [1.29, 1.82) is 0 Å². The van der Waals surface area contributed by atoms with E-state index in [0.29, 0.717) is 18.7 Å². The molecule has 0 spiro atoms. The average Bonchev–Trinajstić information content (AvgIpc) is 2.22. The Bertz CT molecular complexity index is 480. The minimum absolute atomic E-state index is 0.0562. The quantitative estimate of drug-likeness (QED) is 0.844. The number of halogens is 3. The summed E-state index contributed by atoms with van der Waals surface area (Å²) in [6.45, 7) is 0.401. The molecule has 0 aliphatic carbocycles. The van der Waals surface area contributed by atoms with E-state index in [1.807, 2.05) is 0 Å². The average molecular weight is 281 g/mol. The maximum absolute atomic E-state index is 12.3. The molecule has 18 heavy (non-hydrogen) atoms. The summed E-state index contributed by atoms with van der Waals surface area (Å²) >= 11 is 0. The Kier molecular flexibility index (Phi) is 4.61. The summed E-state index contributed by atoms with van der Waals surface area (Å²) in [5.41, 5.74) is -0.166. The molecule has 1 aromatic carbocycles. The van der Waals surface area contributed by atoms with Crippen molar-refractivity contribution in [2.45, 2.75) is 12.6 Å². The predicted molar refractivity (Wildman–Crippen MR) is 64.3 cm³/mol. The van der Waals surface area contributed by atoms with Gasteiger partial charge in [0.1, 0.15) is 9.84 Å². The van der Waals surface area contributed by atoms with Gasteiger partial charge < -0.3 is 5.32 Å². The number of anilines is 1. The Hall–Kier alpha value is -1.24. The summed E-state index contributed by atoms with van der Waals surface area (Å²) in [6, 6.07) is 4.62. The van der Waals surface area contributed by atoms with Crippen LogP contribution in [0, 0.1) is 0 Å². The minimum atomic E-state index is -4.34. The van der Waals surface area contributed by atoms with Crippen LogP contribution in [-0.4, -0.2) is 27.0 Å². The van der Waals surface area contributed by atoms with E-state index in [4.69, 9.17) is 0 Å². The number of benzene rings is 1. The minimum Gasteiger partial charge on any atom is -0.385 e. The van der Waals surface area contributed by atoms with Crippen LogP contribution in [-0.2, 0) is 16.0 Å². The maximum Gasteiger partial charge on any atom is 0.416 e. The van der Waals surface area contributed by atoms with Crippen LogP contribution in [0.5, 0.6) is 0 Å². The molecule has 0 aliphatic rings. The van der Waals surface area contributed by atoms with Gasteiger partial charge in [-0.2, -0.15) is 13.2 Å². The number of nitrogens with one attached hydrogen (secondary N) is 1. The molecule has 0 amide bonds. The highest BCUT2D eigenvalue weighted by atomic mass is 32.2. The van der Waals surface area contributed by atoms with E-state index >= 15 is 0 Å². The van der Waals surface area contributed by atoms with Crippen LogP contribution in [0.1, 0.15) is 12.0 Å². The van der Waals surface area contributed by atoms with Crippen LogP contribution in [0.25, 0.3) is 0 Å². The van der Waals surface area contributed by atoms with Gasteiger partial charge in [-0.25, -0.2) is 8.42 Å². The molecule has 0 aromatic heterocycles. The van der Waals surface area contributed by atoms with Gasteiger partial charge in [0.25, 0.3) is 0 Å². The van der Waals surface area contributed by atoms with Gasteiger partial charge in [-0.05, 0) is 30.7 Å². The van der Waals surface area contributed by atoms with Crippen LogP contribution in [0.2, 0.25) is 0 Å². The van der Waals surface area contributed by atoms with Gasteiger partial charge in [-0.3, -0.25) is 0 Å². The molecule has 102 valence electrons. The van der Waals surface area contributed by atoms with E-state index < -0.39 is 21.6 Å². The van der Waals surface area contributed by atoms with Crippen LogP contribution in [0.4, 0.5) is 18.9 Å². The van der Waals surface area contributed by atoms with E-state index in [2.05, 4.69) is 5.32 Å². The molecule has 1 rings (SSSR count). The third kappa shape index (κ3) is 5.39. The van der Waals surface area contributed by atoms with Crippen molar-refractivity contribution in [3.05, 3.63) is 29.8 Å². The number of hydrogen-bond donors (Lipinski definition) is 1. The molecular formula is C11H14F3NO2S. The molecule has 0 aliphatic heterocycles. The molecule has 1 aromatic rings. The van der Waals surface area contributed by atoms with Crippen LogP contribution in [0.15, 0.2) is 24.3 Å². The first kappa shape index (κ1) is 14.8. The van der Waals surface area contributed by atoms with Gasteiger partial charge in [-0.1, -0.05) is 0 Å². The lowest BCUT2D eigenvalue weighted by atomic mass is 10.2. The number of rotatable bonds is 5. The normalized spacial score (nSPS) is 12.4. The van der Waals surface area contributed by atoms with Gasteiger partial charge in [0, 0.05) is 18.5 Å². The molecule has 0 unspecified atom stereocenters. The third-order valence-corrected chi connectivity index (χ3v) is 3.26. The fourth-order valence-electron chi connectivity index (χ4n) is 1.34. The Balaban J connectivity index is 2.45. The highest BCUT2D eigenvalue weighted by Gasteiger charge is 2.29. The van der Waals surface area contributed by atoms with Crippen molar-refractivity contribution in [1.82, 2.24) is 0 Å². The van der Waals surface area contributed by atoms with Crippen LogP contribution >= 0.6 is 0 Å². The van der Waals surface area contributed by atoms with Crippen molar-refractivity contribution in [3.8, 4) is 0 Å². The summed E-state index contributed by atoms with van der Waals surface area (Å²) < 4.78 is 58.5. The first-order valence-electron chi connectivity index (χ1n) is 5.27. The van der Waals surface area contributed by atoms with E-state index in [-0.39, 0.29) is 5.75 Å². The molecule has 3 nitrogen and oxygen atoms in total. The first-order chi connectivity index (χ1) is 8.18. The Morgan fingerprint density at radius 1 is 1.17 bits per heavy atom. The molecule has 0 atom stereocenters. The van der Waals surface area contributed by atoms with Crippen LogP contribution < -0.4 is 5.32 Å². The Morgan fingerprint density at radius 3 is 2.17 bits per heavy atom. The summed E-state index contributed by atoms with van der Waals surface area (Å²) in [5, 5.41) is 2.86. The van der Waals surface area contributed by atoms with Crippen molar-refractivity contribution in [2.75, 3.05) is 23.9 Å². The highest BCUT2D eigenvalue weighted by molar-refractivity contribution is 7.90. The maximum atomic E-state index is 12.3. The van der Waals surface area contributed by atoms with Gasteiger partial charge >= 0.3 is 6.18 Å². The second-order valence-electron chi connectivity index (χ2n) is 3.99. The van der Waals surface area contributed by atoms with Gasteiger partial charge in [0.05, 0.1) is 11.3 Å². The lowest BCUT2D eigenvalue weighted by Gasteiger charge is -2.09. The lowest BCUT2D eigenvalue weighted by Crippen LogP contribution is -2.10. The Labute approximate surface area is 104 Å². The molecule has 1 N–H and O–H groups in total. The van der Waals surface area contributed by atoms with Crippen molar-refractivity contribution in [3.63, 3.8) is 0 Å². The third-order valence-electron chi connectivity index (χ3n) is 2.23. The van der Waals surface area contributed by atoms with E-state index in [0.717, 1.165) is 18.4 Å². The van der Waals surface area contributed by atoms with Crippen molar-refractivity contribution < 1.29 is 21.6 Å². The highest BCUT2D eigenvalue weighted by Crippen LogP contribution is 2.29. The summed E-state index contributed by atoms with van der Waals surface area (Å²) in [4.78, 5) is 0. The van der Waals surface area contributed by atoms with Crippen molar-refractivity contribution >= 4 is 15.5 Å². The Morgan fingerprint density at radius 2 is 1.72 bits per heavy atom. The molecule has 0 bridgehead atoms. The van der Waals surface area contributed by atoms with E-state index in [1.165, 1.54) is 12.1 Å². The topological polar surface area (TPSA) is 46.2 Å².